The minimum Gasteiger partial charge on any atom is -0.395 e. The third kappa shape index (κ3) is 1.21. The molecule has 1 N–H and O–H groups in total. The highest BCUT2D eigenvalue weighted by Crippen LogP contribution is 2.30. The van der Waals surface area contributed by atoms with Gasteiger partial charge in [0.2, 0.25) is 0 Å². The lowest BCUT2D eigenvalue weighted by molar-refractivity contribution is 0.157. The first kappa shape index (κ1) is 7.32. The van der Waals surface area contributed by atoms with Gasteiger partial charge < -0.3 is 5.11 Å². The average Bonchev–Trinajstić information content (AvgIpc) is 2.30. The molecule has 0 amide bonds. The van der Waals surface area contributed by atoms with E-state index in [2.05, 4.69) is 17.1 Å². The molecular formula is C9H15NO. The van der Waals surface area contributed by atoms with E-state index in [0.29, 0.717) is 12.6 Å². The van der Waals surface area contributed by atoms with Crippen LogP contribution in [-0.4, -0.2) is 35.2 Å². The van der Waals surface area contributed by atoms with Gasteiger partial charge in [0.1, 0.15) is 0 Å². The van der Waals surface area contributed by atoms with E-state index < -0.39 is 0 Å². The first-order valence-electron chi connectivity index (χ1n) is 4.45. The van der Waals surface area contributed by atoms with Gasteiger partial charge in [0.25, 0.3) is 0 Å². The third-order valence-corrected chi connectivity index (χ3v) is 2.82. The standard InChI is InChI=1S/C9H15NO/c11-7-6-10-8-2-1-3-9(10)5-4-8/h1-2,8-9,11H,3-7H2. The molecule has 2 heterocycles. The van der Waals surface area contributed by atoms with Gasteiger partial charge in [-0.1, -0.05) is 12.2 Å². The van der Waals surface area contributed by atoms with Crippen molar-refractivity contribution in [3.8, 4) is 0 Å². The fourth-order valence-electron chi connectivity index (χ4n) is 2.28. The summed E-state index contributed by atoms with van der Waals surface area (Å²) in [6.07, 6.45) is 8.38. The minimum absolute atomic E-state index is 0.306. The van der Waals surface area contributed by atoms with Crippen LogP contribution in [0, 0.1) is 0 Å². The molecule has 2 aliphatic rings. The van der Waals surface area contributed by atoms with E-state index in [-0.39, 0.29) is 0 Å². The highest BCUT2D eigenvalue weighted by atomic mass is 16.3. The first-order chi connectivity index (χ1) is 5.42. The summed E-state index contributed by atoms with van der Waals surface area (Å²) in [7, 11) is 0. The molecule has 0 radical (unpaired) electrons. The number of hydrogen-bond donors (Lipinski definition) is 1. The van der Waals surface area contributed by atoms with E-state index in [1.165, 1.54) is 19.3 Å². The predicted octanol–water partition coefficient (Wildman–Crippen LogP) is 0.772. The van der Waals surface area contributed by atoms with Gasteiger partial charge in [0.15, 0.2) is 0 Å². The van der Waals surface area contributed by atoms with Crippen LogP contribution in [0.2, 0.25) is 0 Å². The Kier molecular flexibility index (Phi) is 1.96. The van der Waals surface area contributed by atoms with Gasteiger partial charge >= 0.3 is 0 Å². The lowest BCUT2D eigenvalue weighted by Gasteiger charge is -2.30. The average molecular weight is 153 g/mol. The molecule has 1 saturated heterocycles. The van der Waals surface area contributed by atoms with Gasteiger partial charge in [0, 0.05) is 18.6 Å². The van der Waals surface area contributed by atoms with Crippen LogP contribution in [0.15, 0.2) is 12.2 Å². The molecular weight excluding hydrogens is 138 g/mol. The molecule has 2 unspecified atom stereocenters. The molecule has 2 aliphatic heterocycles. The van der Waals surface area contributed by atoms with Crippen molar-refractivity contribution in [2.45, 2.75) is 31.3 Å². The number of fused-ring (bicyclic) bond motifs is 2. The number of aliphatic hydroxyl groups excluding tert-OH is 1. The van der Waals surface area contributed by atoms with E-state index in [0.717, 1.165) is 12.6 Å². The lowest BCUT2D eigenvalue weighted by atomic mass is 10.1. The Morgan fingerprint density at radius 2 is 2.36 bits per heavy atom. The van der Waals surface area contributed by atoms with E-state index in [1.54, 1.807) is 0 Å². The molecule has 2 rings (SSSR count). The molecule has 2 bridgehead atoms. The Morgan fingerprint density at radius 3 is 3.09 bits per heavy atom. The predicted molar refractivity (Wildman–Crippen MR) is 44.4 cm³/mol. The summed E-state index contributed by atoms with van der Waals surface area (Å²) < 4.78 is 0. The van der Waals surface area contributed by atoms with E-state index in [4.69, 9.17) is 5.11 Å². The topological polar surface area (TPSA) is 23.5 Å². The van der Waals surface area contributed by atoms with Crippen LogP contribution in [0.3, 0.4) is 0 Å². The SMILES string of the molecule is OCCN1C2C=CCC1CC2. The molecule has 1 fully saturated rings. The highest BCUT2D eigenvalue weighted by molar-refractivity contribution is 5.07. The Morgan fingerprint density at radius 1 is 1.45 bits per heavy atom. The normalized spacial score (nSPS) is 36.5. The molecule has 2 atom stereocenters. The summed E-state index contributed by atoms with van der Waals surface area (Å²) in [6.45, 7) is 1.17. The van der Waals surface area contributed by atoms with Crippen molar-refractivity contribution in [2.75, 3.05) is 13.2 Å². The third-order valence-electron chi connectivity index (χ3n) is 2.82. The zero-order valence-corrected chi connectivity index (χ0v) is 6.74. The quantitative estimate of drug-likeness (QED) is 0.592. The summed E-state index contributed by atoms with van der Waals surface area (Å²) >= 11 is 0. The van der Waals surface area contributed by atoms with Gasteiger partial charge in [-0.15, -0.1) is 0 Å². The summed E-state index contributed by atoms with van der Waals surface area (Å²) in [4.78, 5) is 2.43. The second kappa shape index (κ2) is 2.95. The second-order valence-electron chi connectivity index (χ2n) is 3.42. The fourth-order valence-corrected chi connectivity index (χ4v) is 2.28. The lowest BCUT2D eigenvalue weighted by Crippen LogP contribution is -2.39. The Bertz CT molecular complexity index is 167. The number of rotatable bonds is 2. The largest absolute Gasteiger partial charge is 0.395 e. The molecule has 0 aromatic heterocycles. The molecule has 0 saturated carbocycles. The monoisotopic (exact) mass is 153 g/mol. The molecule has 0 aromatic rings. The molecule has 0 aromatic carbocycles. The van der Waals surface area contributed by atoms with Crippen LogP contribution in [0.1, 0.15) is 19.3 Å². The van der Waals surface area contributed by atoms with Crippen LogP contribution in [0.5, 0.6) is 0 Å². The summed E-state index contributed by atoms with van der Waals surface area (Å²) in [5.74, 6) is 0. The van der Waals surface area contributed by atoms with Crippen LogP contribution in [0.25, 0.3) is 0 Å². The van der Waals surface area contributed by atoms with Crippen LogP contribution in [0.4, 0.5) is 0 Å². The van der Waals surface area contributed by atoms with Crippen molar-refractivity contribution in [1.29, 1.82) is 0 Å². The molecule has 0 aliphatic carbocycles. The molecule has 11 heavy (non-hydrogen) atoms. The van der Waals surface area contributed by atoms with Gasteiger partial charge in [0.05, 0.1) is 6.61 Å². The van der Waals surface area contributed by atoms with Crippen LogP contribution in [-0.2, 0) is 0 Å². The maximum absolute atomic E-state index is 8.82. The van der Waals surface area contributed by atoms with Crippen molar-refractivity contribution in [3.05, 3.63) is 12.2 Å². The summed E-state index contributed by atoms with van der Waals surface area (Å²) in [5.41, 5.74) is 0. The minimum atomic E-state index is 0.306. The fraction of sp³-hybridized carbons (Fsp3) is 0.778. The zero-order chi connectivity index (χ0) is 7.68. The van der Waals surface area contributed by atoms with Crippen molar-refractivity contribution in [2.24, 2.45) is 0 Å². The molecule has 2 nitrogen and oxygen atoms in total. The van der Waals surface area contributed by atoms with Crippen molar-refractivity contribution in [1.82, 2.24) is 4.90 Å². The number of hydrogen-bond acceptors (Lipinski definition) is 2. The van der Waals surface area contributed by atoms with Crippen molar-refractivity contribution >= 4 is 0 Å². The maximum atomic E-state index is 8.82. The van der Waals surface area contributed by atoms with E-state index in [9.17, 15) is 0 Å². The van der Waals surface area contributed by atoms with Gasteiger partial charge in [-0.2, -0.15) is 0 Å². The van der Waals surface area contributed by atoms with E-state index in [1.807, 2.05) is 0 Å². The van der Waals surface area contributed by atoms with E-state index >= 15 is 0 Å². The summed E-state index contributed by atoms with van der Waals surface area (Å²) in [6, 6.07) is 1.37. The van der Waals surface area contributed by atoms with Crippen LogP contribution < -0.4 is 0 Å². The number of aliphatic hydroxyl groups is 1. The van der Waals surface area contributed by atoms with Gasteiger partial charge in [-0.05, 0) is 19.3 Å². The van der Waals surface area contributed by atoms with Crippen molar-refractivity contribution in [3.63, 3.8) is 0 Å². The second-order valence-corrected chi connectivity index (χ2v) is 3.42. The Hall–Kier alpha value is -0.340. The Balaban J connectivity index is 2.05. The molecule has 62 valence electrons. The zero-order valence-electron chi connectivity index (χ0n) is 6.74. The summed E-state index contributed by atoms with van der Waals surface area (Å²) in [5, 5.41) is 8.82. The highest BCUT2D eigenvalue weighted by Gasteiger charge is 2.32. The molecule has 0 spiro atoms. The van der Waals surface area contributed by atoms with Gasteiger partial charge in [-0.25, -0.2) is 0 Å². The first-order valence-corrected chi connectivity index (χ1v) is 4.45. The smallest absolute Gasteiger partial charge is 0.0558 e. The van der Waals surface area contributed by atoms with Gasteiger partial charge in [-0.3, -0.25) is 4.90 Å². The maximum Gasteiger partial charge on any atom is 0.0558 e. The molecule has 2 heteroatoms. The van der Waals surface area contributed by atoms with Crippen LogP contribution >= 0.6 is 0 Å². The number of nitrogens with zero attached hydrogens (tertiary/aromatic N) is 1. The Labute approximate surface area is 67.5 Å². The van der Waals surface area contributed by atoms with Crippen molar-refractivity contribution < 1.29 is 5.11 Å².